The highest BCUT2D eigenvalue weighted by molar-refractivity contribution is 7.99. The van der Waals surface area contributed by atoms with Gasteiger partial charge in [-0.2, -0.15) is 4.40 Å². The topological polar surface area (TPSA) is 111 Å². The summed E-state index contributed by atoms with van der Waals surface area (Å²) >= 11 is 1.18. The second-order valence-corrected chi connectivity index (χ2v) is 9.31. The van der Waals surface area contributed by atoms with Gasteiger partial charge in [0.05, 0.1) is 28.9 Å². The van der Waals surface area contributed by atoms with E-state index in [1.165, 1.54) is 31.4 Å². The van der Waals surface area contributed by atoms with Crippen molar-refractivity contribution in [3.05, 3.63) is 47.7 Å². The maximum Gasteiger partial charge on any atom is 0.252 e. The van der Waals surface area contributed by atoms with E-state index >= 15 is 0 Å². The number of nitrogens with one attached hydrogen (secondary N) is 2. The predicted molar refractivity (Wildman–Crippen MR) is 139 cm³/mol. The average Bonchev–Trinajstić information content (AvgIpc) is 2.85. The lowest BCUT2D eigenvalue weighted by molar-refractivity contribution is 0.0879. The molecule has 2 aliphatic rings. The summed E-state index contributed by atoms with van der Waals surface area (Å²) in [6.07, 6.45) is 7.48. The van der Waals surface area contributed by atoms with Crippen LogP contribution in [0.5, 0.6) is 11.6 Å². The van der Waals surface area contributed by atoms with E-state index in [4.69, 9.17) is 15.2 Å². The van der Waals surface area contributed by atoms with Gasteiger partial charge in [-0.05, 0) is 57.7 Å². The number of ether oxygens (including phenoxy) is 2. The van der Waals surface area contributed by atoms with Crippen molar-refractivity contribution in [3.8, 4) is 11.6 Å². The summed E-state index contributed by atoms with van der Waals surface area (Å²) in [5.74, 6) is 1.31. The molecule has 1 fully saturated rings. The fourth-order valence-electron chi connectivity index (χ4n) is 3.81. The Balaban J connectivity index is 0.00000158. The van der Waals surface area contributed by atoms with Gasteiger partial charge in [0.1, 0.15) is 24.3 Å². The van der Waals surface area contributed by atoms with E-state index in [1.807, 2.05) is 45.9 Å². The molecule has 2 heterocycles. The molecule has 8 nitrogen and oxygen atoms in total. The van der Waals surface area contributed by atoms with Crippen LogP contribution in [0.3, 0.4) is 0 Å². The van der Waals surface area contributed by atoms with Crippen LogP contribution in [0.4, 0.5) is 5.69 Å². The molecule has 0 radical (unpaired) electrons. The quantitative estimate of drug-likeness (QED) is 0.468. The number of rotatable bonds is 7. The number of nitrogens with two attached hydrogens (primary N) is 1. The number of benzene rings is 1. The molecule has 4 rings (SSSR count). The molecule has 9 heteroatoms. The van der Waals surface area contributed by atoms with Crippen molar-refractivity contribution in [1.82, 2.24) is 10.3 Å². The van der Waals surface area contributed by atoms with Crippen LogP contribution >= 0.6 is 12.1 Å². The molecule has 0 bridgehead atoms. The number of anilines is 1. The van der Waals surface area contributed by atoms with Gasteiger partial charge >= 0.3 is 0 Å². The fraction of sp³-hybridized carbons (Fsp3) is 0.480. The van der Waals surface area contributed by atoms with Crippen molar-refractivity contribution in [2.45, 2.75) is 71.4 Å². The molecule has 184 valence electrons. The van der Waals surface area contributed by atoms with Crippen molar-refractivity contribution in [3.63, 3.8) is 0 Å². The molecule has 1 saturated carbocycles. The van der Waals surface area contributed by atoms with E-state index < -0.39 is 5.54 Å². The maximum absolute atomic E-state index is 12.9. The number of amides is 1. The number of aromatic nitrogens is 1. The second-order valence-electron chi connectivity index (χ2n) is 8.74. The summed E-state index contributed by atoms with van der Waals surface area (Å²) < 4.78 is 19.3. The van der Waals surface area contributed by atoms with E-state index in [0.29, 0.717) is 23.0 Å². The van der Waals surface area contributed by atoms with Crippen LogP contribution in [-0.4, -0.2) is 35.0 Å². The first kappa shape index (κ1) is 25.7. The zero-order chi connectivity index (χ0) is 24.6. The second kappa shape index (κ2) is 12.0. The lowest BCUT2D eigenvalue weighted by Crippen LogP contribution is -2.48. The number of amidine groups is 1. The van der Waals surface area contributed by atoms with Gasteiger partial charge in [0.15, 0.2) is 0 Å². The van der Waals surface area contributed by atoms with Crippen LogP contribution in [0.1, 0.15) is 75.7 Å². The third-order valence-corrected chi connectivity index (χ3v) is 6.06. The molecule has 1 amide bonds. The van der Waals surface area contributed by atoms with Crippen molar-refractivity contribution in [1.29, 1.82) is 0 Å². The average molecular weight is 486 g/mol. The number of hydrogen-bond acceptors (Lipinski definition) is 8. The van der Waals surface area contributed by atoms with Gasteiger partial charge < -0.3 is 25.2 Å². The van der Waals surface area contributed by atoms with Crippen LogP contribution in [0.15, 0.2) is 40.9 Å². The minimum atomic E-state index is -0.629. The van der Waals surface area contributed by atoms with Crippen LogP contribution in [0.2, 0.25) is 0 Å². The first-order valence-corrected chi connectivity index (χ1v) is 12.7. The SMILES string of the molecule is CC.CC(C)(COc1cccc2c1C(N)=NSN2)NC(=O)c1ccnc(OC2CCCCC2)c1. The molecule has 0 saturated heterocycles. The standard InChI is InChI=1S/C23H29N5O3S.C2H6/c1-23(2,14-30-18-10-6-9-17-20(18)21(24)28-32-27-17)26-22(29)15-11-12-25-19(13-15)31-16-7-4-3-5-8-16;1-2/h6,9-13,16,27H,3-5,7-8,14H2,1-2H3,(H2,24,28)(H,26,29);1-2H3. The summed E-state index contributed by atoms with van der Waals surface area (Å²) in [7, 11) is 0. The number of carbonyl (C=O) groups is 1. The Morgan fingerprint density at radius 1 is 1.24 bits per heavy atom. The largest absolute Gasteiger partial charge is 0.490 e. The van der Waals surface area contributed by atoms with Crippen LogP contribution in [0, 0.1) is 0 Å². The Morgan fingerprint density at radius 2 is 2.00 bits per heavy atom. The van der Waals surface area contributed by atoms with E-state index in [1.54, 1.807) is 18.3 Å². The maximum atomic E-state index is 12.9. The molecule has 4 N–H and O–H groups in total. The highest BCUT2D eigenvalue weighted by Crippen LogP contribution is 2.32. The monoisotopic (exact) mass is 485 g/mol. The van der Waals surface area contributed by atoms with Gasteiger partial charge in [0.2, 0.25) is 5.88 Å². The molecule has 0 unspecified atom stereocenters. The summed E-state index contributed by atoms with van der Waals surface area (Å²) in [5.41, 5.74) is 7.50. The summed E-state index contributed by atoms with van der Waals surface area (Å²) in [4.78, 5) is 17.2. The number of hydrogen-bond donors (Lipinski definition) is 3. The Bertz CT molecular complexity index is 1010. The molecule has 34 heavy (non-hydrogen) atoms. The van der Waals surface area contributed by atoms with Gasteiger partial charge in [0, 0.05) is 17.8 Å². The molecule has 1 aromatic heterocycles. The smallest absolute Gasteiger partial charge is 0.252 e. The molecular weight excluding hydrogens is 450 g/mol. The Labute approximate surface area is 206 Å². The van der Waals surface area contributed by atoms with Crippen LogP contribution in [-0.2, 0) is 0 Å². The van der Waals surface area contributed by atoms with Crippen molar-refractivity contribution < 1.29 is 14.3 Å². The van der Waals surface area contributed by atoms with Gasteiger partial charge in [-0.1, -0.05) is 26.3 Å². The van der Waals surface area contributed by atoms with Gasteiger partial charge in [0.25, 0.3) is 5.91 Å². The molecule has 0 atom stereocenters. The third kappa shape index (κ3) is 6.79. The van der Waals surface area contributed by atoms with Gasteiger partial charge in [-0.3, -0.25) is 4.79 Å². The number of fused-ring (bicyclic) bond motifs is 1. The molecule has 1 aliphatic heterocycles. The Kier molecular flexibility index (Phi) is 9.04. The zero-order valence-corrected chi connectivity index (χ0v) is 21.2. The van der Waals surface area contributed by atoms with E-state index in [2.05, 4.69) is 19.4 Å². The van der Waals surface area contributed by atoms with Crippen molar-refractivity contribution in [2.24, 2.45) is 10.1 Å². The fourth-order valence-corrected chi connectivity index (χ4v) is 4.31. The first-order chi connectivity index (χ1) is 16.4. The van der Waals surface area contributed by atoms with Gasteiger partial charge in [-0.25, -0.2) is 4.98 Å². The summed E-state index contributed by atoms with van der Waals surface area (Å²) in [6, 6.07) is 9.04. The minimum Gasteiger partial charge on any atom is -0.490 e. The third-order valence-electron chi connectivity index (χ3n) is 5.46. The Hall–Kier alpha value is -2.94. The number of carbonyl (C=O) groups excluding carboxylic acids is 1. The molecule has 2 aromatic rings. The van der Waals surface area contributed by atoms with E-state index in [9.17, 15) is 4.79 Å². The number of pyridine rings is 1. The molecule has 1 aromatic carbocycles. The van der Waals surface area contributed by atoms with Crippen molar-refractivity contribution in [2.75, 3.05) is 11.3 Å². The lowest BCUT2D eigenvalue weighted by Gasteiger charge is -2.28. The number of nitrogens with zero attached hydrogens (tertiary/aromatic N) is 2. The van der Waals surface area contributed by atoms with Crippen molar-refractivity contribution >= 4 is 29.6 Å². The normalized spacial score (nSPS) is 15.6. The molecule has 0 spiro atoms. The summed E-state index contributed by atoms with van der Waals surface area (Å²) in [5, 5.41) is 3.04. The lowest BCUT2D eigenvalue weighted by atomic mass is 9.98. The van der Waals surface area contributed by atoms with Crippen LogP contribution < -0.4 is 25.2 Å². The zero-order valence-electron chi connectivity index (χ0n) is 20.4. The van der Waals surface area contributed by atoms with E-state index in [-0.39, 0.29) is 18.6 Å². The minimum absolute atomic E-state index is 0.181. The van der Waals surface area contributed by atoms with E-state index in [0.717, 1.165) is 24.1 Å². The summed E-state index contributed by atoms with van der Waals surface area (Å²) in [6.45, 7) is 8.07. The highest BCUT2D eigenvalue weighted by atomic mass is 32.2. The molecule has 1 aliphatic carbocycles. The predicted octanol–water partition coefficient (Wildman–Crippen LogP) is 5.10. The highest BCUT2D eigenvalue weighted by Gasteiger charge is 2.25. The molecular formula is C25H35N5O3S. The first-order valence-electron chi connectivity index (χ1n) is 11.9. The Morgan fingerprint density at radius 3 is 2.76 bits per heavy atom. The van der Waals surface area contributed by atoms with Crippen LogP contribution in [0.25, 0.3) is 0 Å². The van der Waals surface area contributed by atoms with Gasteiger partial charge in [-0.15, -0.1) is 0 Å².